The molecule has 3 nitrogen and oxygen atoms in total. The Morgan fingerprint density at radius 3 is 2.50 bits per heavy atom. The van der Waals surface area contributed by atoms with E-state index in [0.29, 0.717) is 6.04 Å². The Balaban J connectivity index is 2.29. The number of aliphatic hydroxyl groups excluding tert-OH is 1. The summed E-state index contributed by atoms with van der Waals surface area (Å²) in [6, 6.07) is 0.498. The Labute approximate surface area is 99.6 Å². The van der Waals surface area contributed by atoms with E-state index in [0.717, 1.165) is 25.5 Å². The largest absolute Gasteiger partial charge is 0.393 e. The van der Waals surface area contributed by atoms with Gasteiger partial charge < -0.3 is 15.2 Å². The first-order valence-electron chi connectivity index (χ1n) is 6.35. The topological polar surface area (TPSA) is 41.5 Å². The number of ether oxygens (including phenoxy) is 1. The van der Waals surface area contributed by atoms with Crippen LogP contribution in [0.5, 0.6) is 0 Å². The number of aliphatic hydroxyl groups is 1. The van der Waals surface area contributed by atoms with Crippen LogP contribution in [-0.4, -0.2) is 37.5 Å². The highest BCUT2D eigenvalue weighted by Crippen LogP contribution is 2.33. The van der Waals surface area contributed by atoms with E-state index in [2.05, 4.69) is 19.2 Å². The monoisotopic (exact) mass is 229 g/mol. The molecule has 0 heterocycles. The molecule has 2 atom stereocenters. The number of hydrogen-bond acceptors (Lipinski definition) is 3. The van der Waals surface area contributed by atoms with Crippen LogP contribution in [0.4, 0.5) is 0 Å². The molecule has 0 aliphatic heterocycles. The van der Waals surface area contributed by atoms with Crippen LogP contribution >= 0.6 is 0 Å². The van der Waals surface area contributed by atoms with Gasteiger partial charge in [0.2, 0.25) is 0 Å². The van der Waals surface area contributed by atoms with E-state index in [1.807, 2.05) is 6.92 Å². The molecule has 1 rings (SSSR count). The number of methoxy groups -OCH3 is 1. The van der Waals surface area contributed by atoms with Gasteiger partial charge in [0.15, 0.2) is 0 Å². The molecule has 0 amide bonds. The summed E-state index contributed by atoms with van der Waals surface area (Å²) in [6.45, 7) is 8.00. The van der Waals surface area contributed by atoms with Crippen molar-refractivity contribution in [1.82, 2.24) is 5.32 Å². The van der Waals surface area contributed by atoms with E-state index < -0.39 is 0 Å². The molecule has 96 valence electrons. The van der Waals surface area contributed by atoms with Crippen molar-refractivity contribution in [2.45, 2.75) is 52.2 Å². The highest BCUT2D eigenvalue weighted by Gasteiger charge is 2.32. The van der Waals surface area contributed by atoms with E-state index >= 15 is 0 Å². The SMILES string of the molecule is COCC(NCC(C)(C)CC(C)O)C1CC1. The van der Waals surface area contributed by atoms with Crippen LogP contribution in [0.1, 0.15) is 40.0 Å². The van der Waals surface area contributed by atoms with Crippen LogP contribution in [0.25, 0.3) is 0 Å². The molecule has 1 fully saturated rings. The molecule has 0 aromatic rings. The summed E-state index contributed by atoms with van der Waals surface area (Å²) in [6.07, 6.45) is 3.28. The summed E-state index contributed by atoms with van der Waals surface area (Å²) in [4.78, 5) is 0. The molecular formula is C13H27NO2. The van der Waals surface area contributed by atoms with E-state index in [1.165, 1.54) is 12.8 Å². The quantitative estimate of drug-likeness (QED) is 0.667. The third-order valence-corrected chi connectivity index (χ3v) is 3.23. The van der Waals surface area contributed by atoms with Crippen molar-refractivity contribution in [2.75, 3.05) is 20.3 Å². The molecule has 0 aromatic heterocycles. The molecule has 2 N–H and O–H groups in total. The smallest absolute Gasteiger partial charge is 0.0618 e. The van der Waals surface area contributed by atoms with Crippen molar-refractivity contribution in [3.05, 3.63) is 0 Å². The summed E-state index contributed by atoms with van der Waals surface area (Å²) >= 11 is 0. The molecule has 1 saturated carbocycles. The molecule has 0 saturated heterocycles. The van der Waals surface area contributed by atoms with E-state index in [9.17, 15) is 5.11 Å². The first-order valence-corrected chi connectivity index (χ1v) is 6.35. The van der Waals surface area contributed by atoms with Gasteiger partial charge in [-0.3, -0.25) is 0 Å². The molecular weight excluding hydrogens is 202 g/mol. The first kappa shape index (κ1) is 13.9. The van der Waals surface area contributed by atoms with Gasteiger partial charge in [0.05, 0.1) is 12.7 Å². The van der Waals surface area contributed by atoms with Crippen LogP contribution in [0.3, 0.4) is 0 Å². The summed E-state index contributed by atoms with van der Waals surface area (Å²) in [5.74, 6) is 0.808. The Morgan fingerprint density at radius 2 is 2.06 bits per heavy atom. The maximum absolute atomic E-state index is 9.43. The predicted octanol–water partition coefficient (Wildman–Crippen LogP) is 1.80. The summed E-state index contributed by atoms with van der Waals surface area (Å²) in [5.41, 5.74) is 0.148. The number of rotatable bonds is 8. The summed E-state index contributed by atoms with van der Waals surface area (Å²) in [7, 11) is 1.76. The first-order chi connectivity index (χ1) is 7.44. The zero-order chi connectivity index (χ0) is 12.2. The van der Waals surface area contributed by atoms with Crippen molar-refractivity contribution in [3.63, 3.8) is 0 Å². The highest BCUT2D eigenvalue weighted by molar-refractivity contribution is 4.88. The van der Waals surface area contributed by atoms with Gasteiger partial charge >= 0.3 is 0 Å². The second-order valence-electron chi connectivity index (χ2n) is 6.00. The molecule has 0 bridgehead atoms. The van der Waals surface area contributed by atoms with Gasteiger partial charge in [-0.05, 0) is 37.5 Å². The number of hydrogen-bond donors (Lipinski definition) is 2. The summed E-state index contributed by atoms with van der Waals surface area (Å²) < 4.78 is 5.24. The van der Waals surface area contributed by atoms with E-state index in [4.69, 9.17) is 4.74 Å². The van der Waals surface area contributed by atoms with Crippen molar-refractivity contribution >= 4 is 0 Å². The van der Waals surface area contributed by atoms with Gasteiger partial charge in [-0.1, -0.05) is 13.8 Å². The molecule has 1 aliphatic carbocycles. The lowest BCUT2D eigenvalue weighted by atomic mass is 9.86. The molecule has 2 unspecified atom stereocenters. The maximum atomic E-state index is 9.43. The standard InChI is InChI=1S/C13H27NO2/c1-10(15)7-13(2,3)9-14-12(8-16-4)11-5-6-11/h10-12,14-15H,5-9H2,1-4H3. The minimum Gasteiger partial charge on any atom is -0.393 e. The van der Waals surface area contributed by atoms with Gasteiger partial charge in [0, 0.05) is 19.7 Å². The lowest BCUT2D eigenvalue weighted by Gasteiger charge is -2.29. The van der Waals surface area contributed by atoms with Gasteiger partial charge in [-0.2, -0.15) is 0 Å². The van der Waals surface area contributed by atoms with Crippen LogP contribution in [0.2, 0.25) is 0 Å². The lowest BCUT2D eigenvalue weighted by Crippen LogP contribution is -2.41. The Morgan fingerprint density at radius 1 is 1.44 bits per heavy atom. The molecule has 16 heavy (non-hydrogen) atoms. The molecule has 0 spiro atoms. The maximum Gasteiger partial charge on any atom is 0.0618 e. The zero-order valence-corrected chi connectivity index (χ0v) is 11.1. The molecule has 0 radical (unpaired) electrons. The van der Waals surface area contributed by atoms with Crippen LogP contribution in [0, 0.1) is 11.3 Å². The molecule has 1 aliphatic rings. The van der Waals surface area contributed by atoms with Gasteiger partial charge in [0.1, 0.15) is 0 Å². The predicted molar refractivity (Wildman–Crippen MR) is 66.5 cm³/mol. The zero-order valence-electron chi connectivity index (χ0n) is 11.1. The Hall–Kier alpha value is -0.120. The third kappa shape index (κ3) is 5.28. The second-order valence-corrected chi connectivity index (χ2v) is 6.00. The van der Waals surface area contributed by atoms with Crippen LogP contribution in [-0.2, 0) is 4.74 Å². The fraction of sp³-hybridized carbons (Fsp3) is 1.00. The fourth-order valence-electron chi connectivity index (χ4n) is 2.32. The van der Waals surface area contributed by atoms with Crippen LogP contribution in [0.15, 0.2) is 0 Å². The molecule has 0 aromatic carbocycles. The lowest BCUT2D eigenvalue weighted by molar-refractivity contribution is 0.115. The Kier molecular flexibility index (Phi) is 5.22. The van der Waals surface area contributed by atoms with E-state index in [-0.39, 0.29) is 11.5 Å². The normalized spacial score (nSPS) is 20.8. The van der Waals surface area contributed by atoms with E-state index in [1.54, 1.807) is 7.11 Å². The minimum absolute atomic E-state index is 0.148. The van der Waals surface area contributed by atoms with Gasteiger partial charge in [-0.15, -0.1) is 0 Å². The van der Waals surface area contributed by atoms with Crippen molar-refractivity contribution in [3.8, 4) is 0 Å². The Bertz CT molecular complexity index is 200. The average molecular weight is 229 g/mol. The summed E-state index contributed by atoms with van der Waals surface area (Å²) in [5, 5.41) is 13.0. The minimum atomic E-state index is -0.224. The van der Waals surface area contributed by atoms with Crippen molar-refractivity contribution < 1.29 is 9.84 Å². The van der Waals surface area contributed by atoms with Gasteiger partial charge in [-0.25, -0.2) is 0 Å². The highest BCUT2D eigenvalue weighted by atomic mass is 16.5. The molecule has 3 heteroatoms. The second kappa shape index (κ2) is 5.99. The third-order valence-electron chi connectivity index (χ3n) is 3.23. The van der Waals surface area contributed by atoms with Gasteiger partial charge in [0.25, 0.3) is 0 Å². The van der Waals surface area contributed by atoms with Crippen molar-refractivity contribution in [1.29, 1.82) is 0 Å². The average Bonchev–Trinajstić information content (AvgIpc) is 2.93. The van der Waals surface area contributed by atoms with Crippen molar-refractivity contribution in [2.24, 2.45) is 11.3 Å². The van der Waals surface area contributed by atoms with Crippen LogP contribution < -0.4 is 5.32 Å². The fourth-order valence-corrected chi connectivity index (χ4v) is 2.32. The number of nitrogens with one attached hydrogen (secondary N) is 1.